The molecule has 0 bridgehead atoms. The van der Waals surface area contributed by atoms with Crippen LogP contribution in [0.25, 0.3) is 11.0 Å². The van der Waals surface area contributed by atoms with E-state index in [-0.39, 0.29) is 0 Å². The van der Waals surface area contributed by atoms with Gasteiger partial charge in [0.15, 0.2) is 0 Å². The number of pyridine rings is 1. The van der Waals surface area contributed by atoms with Gasteiger partial charge >= 0.3 is 0 Å². The van der Waals surface area contributed by atoms with Crippen LogP contribution in [-0.4, -0.2) is 58.0 Å². The Bertz CT molecular complexity index is 1270. The zero-order valence-electron chi connectivity index (χ0n) is 20.5. The first kappa shape index (κ1) is 22.3. The quantitative estimate of drug-likeness (QED) is 0.443. The Labute approximate surface area is 207 Å². The second kappa shape index (κ2) is 9.80. The van der Waals surface area contributed by atoms with Crippen molar-refractivity contribution in [2.45, 2.75) is 38.4 Å². The predicted molar refractivity (Wildman–Crippen MR) is 141 cm³/mol. The summed E-state index contributed by atoms with van der Waals surface area (Å²) in [5.41, 5.74) is 7.44. The van der Waals surface area contributed by atoms with E-state index in [0.717, 1.165) is 69.0 Å². The summed E-state index contributed by atoms with van der Waals surface area (Å²) in [7, 11) is 2.20. The predicted octanol–water partition coefficient (Wildman–Crippen LogP) is 4.79. The Morgan fingerprint density at radius 3 is 2.66 bits per heavy atom. The van der Waals surface area contributed by atoms with Crippen LogP contribution in [0.4, 0.5) is 5.69 Å². The molecule has 0 spiro atoms. The number of rotatable bonds is 6. The van der Waals surface area contributed by atoms with Gasteiger partial charge in [-0.2, -0.15) is 0 Å². The van der Waals surface area contributed by atoms with E-state index in [0.29, 0.717) is 6.04 Å². The molecule has 0 saturated carbocycles. The van der Waals surface area contributed by atoms with Crippen LogP contribution < -0.4 is 4.90 Å². The minimum Gasteiger partial charge on any atom is -0.367 e. The number of piperazine rings is 1. The molecule has 0 radical (unpaired) electrons. The molecule has 1 saturated heterocycles. The topological polar surface area (TPSA) is 51.3 Å². The van der Waals surface area contributed by atoms with Gasteiger partial charge in [0, 0.05) is 38.9 Å². The molecule has 1 aliphatic carbocycles. The number of H-pyrrole nitrogens is 1. The maximum Gasteiger partial charge on any atom is 0.121 e. The molecule has 180 valence electrons. The van der Waals surface area contributed by atoms with Gasteiger partial charge in [0.2, 0.25) is 0 Å². The molecule has 0 amide bonds. The number of imidazole rings is 1. The number of anilines is 1. The van der Waals surface area contributed by atoms with Crippen LogP contribution in [0.3, 0.4) is 0 Å². The summed E-state index contributed by atoms with van der Waals surface area (Å²) in [5.74, 6) is 1.03. The van der Waals surface area contributed by atoms with Crippen LogP contribution in [-0.2, 0) is 19.5 Å². The molecule has 6 heteroatoms. The lowest BCUT2D eigenvalue weighted by Gasteiger charge is -2.34. The average molecular weight is 467 g/mol. The average Bonchev–Trinajstić information content (AvgIpc) is 3.32. The van der Waals surface area contributed by atoms with E-state index in [2.05, 4.69) is 87.4 Å². The molecule has 1 aliphatic heterocycles. The number of hydrogen-bond donors (Lipinski definition) is 1. The number of aromatic nitrogens is 3. The van der Waals surface area contributed by atoms with E-state index in [4.69, 9.17) is 9.97 Å². The summed E-state index contributed by atoms with van der Waals surface area (Å²) in [4.78, 5) is 21.1. The van der Waals surface area contributed by atoms with Crippen molar-refractivity contribution in [3.05, 3.63) is 89.5 Å². The molecule has 1 atom stereocenters. The zero-order valence-corrected chi connectivity index (χ0v) is 20.5. The van der Waals surface area contributed by atoms with Gasteiger partial charge in [0.1, 0.15) is 5.82 Å². The summed E-state index contributed by atoms with van der Waals surface area (Å²) in [6, 6.07) is 21.9. The number of para-hydroxylation sites is 1. The third-order valence-corrected chi connectivity index (χ3v) is 7.58. The number of nitrogens with one attached hydrogen (secondary N) is 1. The number of hydrogen-bond acceptors (Lipinski definition) is 5. The molecule has 6 nitrogen and oxygen atoms in total. The first-order chi connectivity index (χ1) is 17.2. The Kier molecular flexibility index (Phi) is 6.23. The molecule has 35 heavy (non-hydrogen) atoms. The van der Waals surface area contributed by atoms with Crippen molar-refractivity contribution in [1.29, 1.82) is 0 Å². The van der Waals surface area contributed by atoms with E-state index in [9.17, 15) is 0 Å². The van der Waals surface area contributed by atoms with E-state index in [1.165, 1.54) is 28.9 Å². The van der Waals surface area contributed by atoms with E-state index in [1.807, 2.05) is 6.20 Å². The van der Waals surface area contributed by atoms with Crippen molar-refractivity contribution in [1.82, 2.24) is 24.8 Å². The monoisotopic (exact) mass is 466 g/mol. The van der Waals surface area contributed by atoms with E-state index in [1.54, 1.807) is 0 Å². The third kappa shape index (κ3) is 4.68. The van der Waals surface area contributed by atoms with Crippen LogP contribution in [0.2, 0.25) is 0 Å². The SMILES string of the molecule is CN1CCN(c2cccc3nc(CN(Cc4ccccc4)[C@H]4CCCc5cccnc54)[nH]c23)CC1. The normalized spacial score (nSPS) is 18.8. The molecule has 4 aromatic rings. The van der Waals surface area contributed by atoms with E-state index >= 15 is 0 Å². The number of likely N-dealkylation sites (N-methyl/N-ethyl adjacent to an activating group) is 1. The van der Waals surface area contributed by atoms with Crippen LogP contribution in [0, 0.1) is 0 Å². The summed E-state index contributed by atoms with van der Waals surface area (Å²) >= 11 is 0. The van der Waals surface area contributed by atoms with Gasteiger partial charge in [-0.15, -0.1) is 0 Å². The molecule has 0 unspecified atom stereocenters. The smallest absolute Gasteiger partial charge is 0.121 e. The lowest BCUT2D eigenvalue weighted by atomic mass is 9.90. The molecule has 3 heterocycles. The minimum atomic E-state index is 0.297. The summed E-state index contributed by atoms with van der Waals surface area (Å²) < 4.78 is 0. The maximum atomic E-state index is 5.06. The van der Waals surface area contributed by atoms with Gasteiger partial charge in [-0.25, -0.2) is 4.98 Å². The fraction of sp³-hybridized carbons (Fsp3) is 0.379. The largest absolute Gasteiger partial charge is 0.367 e. The molecule has 2 aliphatic rings. The summed E-state index contributed by atoms with van der Waals surface area (Å²) in [6.45, 7) is 5.94. The molecular formula is C29H34N6. The van der Waals surface area contributed by atoms with Gasteiger partial charge in [0.05, 0.1) is 35.0 Å². The molecule has 1 fully saturated rings. The molecule has 2 aromatic heterocycles. The third-order valence-electron chi connectivity index (χ3n) is 7.58. The second-order valence-corrected chi connectivity index (χ2v) is 9.99. The number of aromatic amines is 1. The van der Waals surface area contributed by atoms with Crippen molar-refractivity contribution in [2.75, 3.05) is 38.1 Å². The molecular weight excluding hydrogens is 432 g/mol. The standard InChI is InChI=1S/C29H34N6/c1-33-16-18-34(19-17-33)26-14-6-12-24-29(26)32-27(31-24)21-35(20-22-8-3-2-4-9-22)25-13-5-10-23-11-7-15-30-28(23)25/h2-4,6-9,11-12,14-15,25H,5,10,13,16-21H2,1H3,(H,31,32)/t25-/m0/s1. The number of nitrogens with zero attached hydrogens (tertiary/aromatic N) is 5. The Hall–Kier alpha value is -3.22. The van der Waals surface area contributed by atoms with E-state index < -0.39 is 0 Å². The second-order valence-electron chi connectivity index (χ2n) is 9.99. The fourth-order valence-electron chi connectivity index (χ4n) is 5.68. The number of benzene rings is 2. The van der Waals surface area contributed by atoms with Gasteiger partial charge < -0.3 is 14.8 Å². The van der Waals surface area contributed by atoms with Crippen LogP contribution in [0.5, 0.6) is 0 Å². The van der Waals surface area contributed by atoms with Crippen LogP contribution in [0.1, 0.15) is 41.5 Å². The summed E-state index contributed by atoms with van der Waals surface area (Å²) in [6.07, 6.45) is 5.39. The Morgan fingerprint density at radius 1 is 0.943 bits per heavy atom. The van der Waals surface area contributed by atoms with Crippen molar-refractivity contribution >= 4 is 16.7 Å². The zero-order chi connectivity index (χ0) is 23.6. The maximum absolute atomic E-state index is 5.06. The van der Waals surface area contributed by atoms with Crippen molar-refractivity contribution < 1.29 is 0 Å². The lowest BCUT2D eigenvalue weighted by Crippen LogP contribution is -2.44. The summed E-state index contributed by atoms with van der Waals surface area (Å²) in [5, 5.41) is 0. The van der Waals surface area contributed by atoms with Crippen molar-refractivity contribution in [2.24, 2.45) is 0 Å². The Morgan fingerprint density at radius 2 is 1.80 bits per heavy atom. The van der Waals surface area contributed by atoms with Crippen molar-refractivity contribution in [3.63, 3.8) is 0 Å². The highest BCUT2D eigenvalue weighted by Crippen LogP contribution is 2.35. The first-order valence-electron chi connectivity index (χ1n) is 12.9. The van der Waals surface area contributed by atoms with Crippen molar-refractivity contribution in [3.8, 4) is 0 Å². The first-order valence-corrected chi connectivity index (χ1v) is 12.9. The van der Waals surface area contributed by atoms with Gasteiger partial charge in [-0.3, -0.25) is 9.88 Å². The highest BCUT2D eigenvalue weighted by Gasteiger charge is 2.28. The highest BCUT2D eigenvalue weighted by molar-refractivity contribution is 5.89. The minimum absolute atomic E-state index is 0.297. The fourth-order valence-corrected chi connectivity index (χ4v) is 5.68. The molecule has 6 rings (SSSR count). The van der Waals surface area contributed by atoms with Gasteiger partial charge in [-0.05, 0) is 55.6 Å². The highest BCUT2D eigenvalue weighted by atomic mass is 15.3. The molecule has 1 N–H and O–H groups in total. The van der Waals surface area contributed by atoms with Crippen LogP contribution in [0.15, 0.2) is 66.9 Å². The van der Waals surface area contributed by atoms with Gasteiger partial charge in [-0.1, -0.05) is 42.5 Å². The Balaban J connectivity index is 1.32. The number of fused-ring (bicyclic) bond motifs is 2. The molecule has 2 aromatic carbocycles. The van der Waals surface area contributed by atoms with Crippen LogP contribution >= 0.6 is 0 Å². The van der Waals surface area contributed by atoms with Gasteiger partial charge in [0.25, 0.3) is 0 Å². The number of aryl methyl sites for hydroxylation is 1. The lowest BCUT2D eigenvalue weighted by molar-refractivity contribution is 0.153.